The second-order valence-electron chi connectivity index (χ2n) is 3.87. The van der Waals surface area contributed by atoms with Gasteiger partial charge in [0.05, 0.1) is 0 Å². The Bertz CT molecular complexity index is 525. The summed E-state index contributed by atoms with van der Waals surface area (Å²) < 4.78 is 7.29. The molecule has 0 aliphatic carbocycles. The number of aryl methyl sites for hydroxylation is 1. The molecule has 2 rings (SSSR count). The molecule has 2 aromatic carbocycles. The minimum absolute atomic E-state index is 0.700. The molecule has 0 saturated heterocycles. The van der Waals surface area contributed by atoms with E-state index in [1.165, 1.54) is 11.1 Å². The highest BCUT2D eigenvalue weighted by Crippen LogP contribution is 2.25. The molecule has 0 saturated carbocycles. The molecule has 0 aromatic heterocycles. The van der Waals surface area contributed by atoms with E-state index in [1.807, 2.05) is 30.3 Å². The fraction of sp³-hybridized carbons (Fsp3) is 0.143. The van der Waals surface area contributed by atoms with Gasteiger partial charge in [0.1, 0.15) is 0 Å². The summed E-state index contributed by atoms with van der Waals surface area (Å²) in [5.41, 5.74) is 6.65. The van der Waals surface area contributed by atoms with Crippen molar-refractivity contribution in [2.24, 2.45) is 0 Å². The molecule has 0 spiro atoms. The molecule has 0 unspecified atom stereocenters. The van der Waals surface area contributed by atoms with E-state index in [9.17, 15) is 0 Å². The van der Waals surface area contributed by atoms with Crippen LogP contribution in [0.15, 0.2) is 42.5 Å². The smallest absolute Gasteiger partial charge is 0.156 e. The van der Waals surface area contributed by atoms with E-state index in [1.54, 1.807) is 0 Å². The second kappa shape index (κ2) is 4.58. The van der Waals surface area contributed by atoms with Gasteiger partial charge in [0, 0.05) is 17.1 Å². The van der Waals surface area contributed by atoms with Crippen LogP contribution in [0, 0.1) is 6.92 Å². The summed E-state index contributed by atoms with van der Waals surface area (Å²) in [6, 6.07) is 13.8. The van der Waals surface area contributed by atoms with Gasteiger partial charge in [-0.3, -0.25) is 0 Å². The number of anilines is 1. The normalized spacial score (nSPS) is 11.0. The third kappa shape index (κ3) is 2.20. The molecular formula is C14H14ClN. The Morgan fingerprint density at radius 1 is 1.19 bits per heavy atom. The Morgan fingerprint density at radius 3 is 2.75 bits per heavy atom. The van der Waals surface area contributed by atoms with Crippen LogP contribution < -0.4 is 5.73 Å². The molecule has 2 aromatic rings. The number of benzene rings is 2. The minimum Gasteiger partial charge on any atom is -0.398 e. The molecular weight excluding hydrogens is 218 g/mol. The zero-order valence-electron chi connectivity index (χ0n) is 10.1. The van der Waals surface area contributed by atoms with Crippen molar-refractivity contribution in [2.45, 2.75) is 13.3 Å². The van der Waals surface area contributed by atoms with E-state index < -0.39 is 0 Å². The van der Waals surface area contributed by atoms with E-state index >= 15 is 0 Å². The minimum atomic E-state index is 0.700. The van der Waals surface area contributed by atoms with Gasteiger partial charge in [-0.15, -0.1) is 0 Å². The van der Waals surface area contributed by atoms with E-state index in [0.717, 1.165) is 17.7 Å². The van der Waals surface area contributed by atoms with E-state index in [2.05, 4.69) is 24.8 Å². The highest BCUT2D eigenvalue weighted by Gasteiger charge is 2.06. The van der Waals surface area contributed by atoms with E-state index in [4.69, 9.17) is 13.0 Å². The highest BCUT2D eigenvalue weighted by atomic mass is 35.5. The number of nitrogens with two attached hydrogens (primary N) is 1. The Balaban J connectivity index is 2.39. The monoisotopic (exact) mass is 232 g/mol. The number of halogens is 1. The Kier molecular flexibility index (Phi) is 2.79. The van der Waals surface area contributed by atoms with Crippen molar-refractivity contribution in [3.05, 3.63) is 64.2 Å². The standard InChI is InChI=1S/C14H14ClN/c1-10-5-2-3-6-11(10)9-12-13(15)7-4-8-14(12)16/h2-8H,9,16H2,1H3/i/hD. The van der Waals surface area contributed by atoms with E-state index in [0.29, 0.717) is 5.02 Å². The van der Waals surface area contributed by atoms with Gasteiger partial charge in [0.15, 0.2) is 1.41 Å². The lowest BCUT2D eigenvalue weighted by molar-refractivity contribution is 1.16. The fourth-order valence-corrected chi connectivity index (χ4v) is 1.98. The maximum Gasteiger partial charge on any atom is 0.156 e. The average Bonchev–Trinajstić information content (AvgIpc) is 2.34. The predicted molar refractivity (Wildman–Crippen MR) is 69.8 cm³/mol. The van der Waals surface area contributed by atoms with Crippen molar-refractivity contribution in [1.29, 1.82) is 0 Å². The maximum atomic E-state index is 7.29. The van der Waals surface area contributed by atoms with Gasteiger partial charge in [-0.05, 0) is 35.7 Å². The third-order valence-electron chi connectivity index (χ3n) is 2.75. The van der Waals surface area contributed by atoms with Crippen LogP contribution in [0.2, 0.25) is 6.43 Å². The zero-order valence-corrected chi connectivity index (χ0v) is 9.88. The molecule has 82 valence electrons. The van der Waals surface area contributed by atoms with Gasteiger partial charge in [-0.25, -0.2) is 0 Å². The lowest BCUT2D eigenvalue weighted by atomic mass is 9.99. The molecule has 0 heterocycles. The lowest BCUT2D eigenvalue weighted by Gasteiger charge is -2.09. The molecule has 0 aliphatic rings. The highest BCUT2D eigenvalue weighted by molar-refractivity contribution is 6.31. The first-order chi connectivity index (χ1) is 8.22. The molecule has 2 heteroatoms. The van der Waals surface area contributed by atoms with Gasteiger partial charge < -0.3 is 5.73 Å². The first-order valence-corrected chi connectivity index (χ1v) is 5.60. The average molecular weight is 233 g/mol. The van der Waals surface area contributed by atoms with Gasteiger partial charge in [-0.2, -0.15) is 0 Å². The summed E-state index contributed by atoms with van der Waals surface area (Å²) >= 11 is 6.19. The van der Waals surface area contributed by atoms with Crippen molar-refractivity contribution in [2.75, 3.05) is 5.73 Å². The van der Waals surface area contributed by atoms with Crippen LogP contribution in [0.25, 0.3) is 0 Å². The number of nitrogen functional groups attached to an aromatic ring is 1. The van der Waals surface area contributed by atoms with Crippen LogP contribution in [0.4, 0.5) is 5.69 Å². The molecule has 1 nitrogen and oxygen atoms in total. The molecule has 0 fully saturated rings. The number of hydrogen-bond acceptors (Lipinski definition) is 1. The Labute approximate surface area is 102 Å². The number of rotatable bonds is 3. The van der Waals surface area contributed by atoms with Crippen LogP contribution in [0.1, 0.15) is 16.7 Å². The summed E-state index contributed by atoms with van der Waals surface area (Å²) in [5.74, 6) is 0. The Hall–Kier alpha value is -1.47. The van der Waals surface area contributed by atoms with Gasteiger partial charge in [-0.1, -0.05) is 41.9 Å². The van der Waals surface area contributed by atoms with Crippen LogP contribution in [0.5, 0.6) is 0 Å². The first kappa shape index (κ1) is 9.73. The van der Waals surface area contributed by atoms with Crippen molar-refractivity contribution >= 4 is 17.3 Å². The fourth-order valence-electron chi connectivity index (χ4n) is 1.74. The molecule has 0 atom stereocenters. The quantitative estimate of drug-likeness (QED) is 0.800. The molecule has 2 N–H and O–H groups in total. The van der Waals surface area contributed by atoms with Crippen LogP contribution >= 0.6 is 11.6 Å². The molecule has 16 heavy (non-hydrogen) atoms. The Morgan fingerprint density at radius 2 is 2.00 bits per heavy atom. The summed E-state index contributed by atoms with van der Waals surface area (Å²) in [6.07, 6.45) is 0.744. The largest absolute Gasteiger partial charge is 0.398 e. The maximum absolute atomic E-state index is 7.29. The van der Waals surface area contributed by atoms with Crippen LogP contribution in [-0.2, 0) is 6.42 Å². The van der Waals surface area contributed by atoms with Gasteiger partial charge >= 0.3 is 0 Å². The third-order valence-corrected chi connectivity index (χ3v) is 3.10. The summed E-state index contributed by atoms with van der Waals surface area (Å²) in [5, 5.41) is 0.700. The van der Waals surface area contributed by atoms with Crippen molar-refractivity contribution in [3.63, 3.8) is 0 Å². The zero-order chi connectivity index (χ0) is 12.3. The summed E-state index contributed by atoms with van der Waals surface area (Å²) in [7, 11) is 0. The first-order valence-electron chi connectivity index (χ1n) is 5.72. The number of hydrogen-bond donors (Lipinski definition) is 1. The lowest BCUT2D eigenvalue weighted by Crippen LogP contribution is -1.98. The predicted octanol–water partition coefficient (Wildman–Crippen LogP) is 3.82. The van der Waals surface area contributed by atoms with Crippen molar-refractivity contribution in [3.8, 4) is 0 Å². The molecule has 0 radical (unpaired) electrons. The summed E-state index contributed by atoms with van der Waals surface area (Å²) in [6.45, 7) is 2.08. The van der Waals surface area contributed by atoms with Crippen molar-refractivity contribution in [1.82, 2.24) is 0 Å². The molecule has 0 aliphatic heterocycles. The van der Waals surface area contributed by atoms with Crippen LogP contribution in [0.3, 0.4) is 0 Å². The van der Waals surface area contributed by atoms with E-state index in [-0.39, 0.29) is 0 Å². The summed E-state index contributed by atoms with van der Waals surface area (Å²) in [4.78, 5) is 0. The molecule has 0 amide bonds. The second-order valence-corrected chi connectivity index (χ2v) is 4.28. The molecule has 0 bridgehead atoms. The topological polar surface area (TPSA) is 26.0 Å². The van der Waals surface area contributed by atoms with Gasteiger partial charge in [0.2, 0.25) is 0 Å². The van der Waals surface area contributed by atoms with Crippen LogP contribution in [-0.4, -0.2) is 0 Å². The van der Waals surface area contributed by atoms with Gasteiger partial charge in [0.25, 0.3) is 0 Å². The SMILES string of the molecule is [2H]Nc1cccc(Cl)c1Cc1ccccc1C. The van der Waals surface area contributed by atoms with Crippen molar-refractivity contribution < 1.29 is 1.41 Å².